The topological polar surface area (TPSA) is 23.5 Å². The van der Waals surface area contributed by atoms with E-state index in [-0.39, 0.29) is 0 Å². The van der Waals surface area contributed by atoms with Gasteiger partial charge in [0.05, 0.1) is 5.60 Å². The second-order valence-corrected chi connectivity index (χ2v) is 8.11. The number of benzene rings is 1. The molecule has 2 heteroatoms. The van der Waals surface area contributed by atoms with E-state index in [4.69, 9.17) is 0 Å². The molecule has 0 amide bonds. The van der Waals surface area contributed by atoms with Crippen molar-refractivity contribution in [3.05, 3.63) is 34.9 Å². The Bertz CT molecular complexity index is 508. The zero-order chi connectivity index (χ0) is 16.1. The van der Waals surface area contributed by atoms with Gasteiger partial charge in [-0.2, -0.15) is 0 Å². The molecule has 2 atom stereocenters. The molecule has 2 aliphatic heterocycles. The summed E-state index contributed by atoms with van der Waals surface area (Å²) in [5.41, 5.74) is 3.30. The van der Waals surface area contributed by atoms with Crippen LogP contribution >= 0.6 is 0 Å². The van der Waals surface area contributed by atoms with Crippen LogP contribution in [0.2, 0.25) is 0 Å². The standard InChI is InChI=1S/C20H31NO/c1-13(2)17-7-6-8-18(14(3)4)19(17)20(22)11-15-9-10-16(12-20)21(15)5/h6-8,13-16,22H,9-12H2,1-5H3. The van der Waals surface area contributed by atoms with Crippen molar-refractivity contribution in [3.63, 3.8) is 0 Å². The first-order chi connectivity index (χ1) is 10.3. The Morgan fingerprint density at radius 1 is 1.00 bits per heavy atom. The van der Waals surface area contributed by atoms with Crippen LogP contribution in [0.5, 0.6) is 0 Å². The maximum absolute atomic E-state index is 11.7. The molecule has 2 heterocycles. The van der Waals surface area contributed by atoms with Crippen LogP contribution in [0.25, 0.3) is 0 Å². The van der Waals surface area contributed by atoms with Crippen molar-refractivity contribution in [1.82, 2.24) is 4.90 Å². The number of hydrogen-bond acceptors (Lipinski definition) is 2. The summed E-state index contributed by atoms with van der Waals surface area (Å²) >= 11 is 0. The molecule has 0 spiro atoms. The highest BCUT2D eigenvalue weighted by molar-refractivity contribution is 5.44. The van der Waals surface area contributed by atoms with Crippen molar-refractivity contribution in [2.24, 2.45) is 0 Å². The van der Waals surface area contributed by atoms with E-state index in [2.05, 4.69) is 57.8 Å². The van der Waals surface area contributed by atoms with Gasteiger partial charge in [-0.15, -0.1) is 0 Å². The third kappa shape index (κ3) is 2.51. The zero-order valence-corrected chi connectivity index (χ0v) is 14.8. The fourth-order valence-electron chi connectivity index (χ4n) is 4.74. The second kappa shape index (κ2) is 5.65. The summed E-state index contributed by atoms with van der Waals surface area (Å²) in [4.78, 5) is 2.50. The first-order valence-corrected chi connectivity index (χ1v) is 8.91. The van der Waals surface area contributed by atoms with Gasteiger partial charge >= 0.3 is 0 Å². The van der Waals surface area contributed by atoms with Crippen molar-refractivity contribution in [2.45, 2.75) is 82.9 Å². The Balaban J connectivity index is 2.10. The highest BCUT2D eigenvalue weighted by atomic mass is 16.3. The molecule has 122 valence electrons. The molecule has 2 unspecified atom stereocenters. The molecule has 1 aromatic rings. The number of hydrogen-bond donors (Lipinski definition) is 1. The molecule has 1 N–H and O–H groups in total. The van der Waals surface area contributed by atoms with Crippen LogP contribution in [0.1, 0.15) is 81.9 Å². The predicted octanol–water partition coefficient (Wildman–Crippen LogP) is 4.38. The van der Waals surface area contributed by atoms with Gasteiger partial charge in [0.25, 0.3) is 0 Å². The maximum Gasteiger partial charge on any atom is 0.0931 e. The number of aliphatic hydroxyl groups is 1. The minimum Gasteiger partial charge on any atom is -0.385 e. The SMILES string of the molecule is CC(C)c1cccc(C(C)C)c1C1(O)CC2CCC(C1)N2C. The number of fused-ring (bicyclic) bond motifs is 2. The Morgan fingerprint density at radius 3 is 1.86 bits per heavy atom. The Kier molecular flexibility index (Phi) is 4.11. The van der Waals surface area contributed by atoms with E-state index >= 15 is 0 Å². The number of nitrogens with zero attached hydrogens (tertiary/aromatic N) is 1. The average molecular weight is 301 g/mol. The highest BCUT2D eigenvalue weighted by Gasteiger charge is 2.48. The molecule has 2 saturated heterocycles. The van der Waals surface area contributed by atoms with E-state index in [1.54, 1.807) is 0 Å². The Labute approximate surface area is 135 Å². The molecule has 3 rings (SSSR count). The smallest absolute Gasteiger partial charge is 0.0931 e. The summed E-state index contributed by atoms with van der Waals surface area (Å²) in [6, 6.07) is 7.71. The van der Waals surface area contributed by atoms with Crippen LogP contribution < -0.4 is 0 Å². The first kappa shape index (κ1) is 16.0. The molecule has 2 fully saturated rings. The molecule has 0 aromatic heterocycles. The molecular formula is C20H31NO. The quantitative estimate of drug-likeness (QED) is 0.895. The Hall–Kier alpha value is -0.860. The normalized spacial score (nSPS) is 32.2. The molecule has 22 heavy (non-hydrogen) atoms. The van der Waals surface area contributed by atoms with Crippen LogP contribution in [-0.4, -0.2) is 29.1 Å². The van der Waals surface area contributed by atoms with Crippen molar-refractivity contribution in [1.29, 1.82) is 0 Å². The van der Waals surface area contributed by atoms with Gasteiger partial charge in [0, 0.05) is 12.1 Å². The zero-order valence-electron chi connectivity index (χ0n) is 14.8. The summed E-state index contributed by atoms with van der Waals surface area (Å²) in [5, 5.41) is 11.7. The first-order valence-electron chi connectivity index (χ1n) is 8.91. The fourth-order valence-corrected chi connectivity index (χ4v) is 4.74. The van der Waals surface area contributed by atoms with Crippen molar-refractivity contribution >= 4 is 0 Å². The largest absolute Gasteiger partial charge is 0.385 e. The number of rotatable bonds is 3. The molecule has 2 nitrogen and oxygen atoms in total. The van der Waals surface area contributed by atoms with Gasteiger partial charge in [0.2, 0.25) is 0 Å². The van der Waals surface area contributed by atoms with Crippen LogP contribution in [-0.2, 0) is 5.60 Å². The molecule has 1 aromatic carbocycles. The molecular weight excluding hydrogens is 270 g/mol. The highest BCUT2D eigenvalue weighted by Crippen LogP contribution is 2.48. The molecule has 0 radical (unpaired) electrons. The van der Waals surface area contributed by atoms with Gasteiger partial charge in [0.1, 0.15) is 0 Å². The summed E-state index contributed by atoms with van der Waals surface area (Å²) in [7, 11) is 2.24. The minimum atomic E-state index is -0.640. The molecule has 2 aliphatic rings. The van der Waals surface area contributed by atoms with E-state index in [1.165, 1.54) is 29.5 Å². The minimum absolute atomic E-state index is 0.454. The lowest BCUT2D eigenvalue weighted by molar-refractivity contribution is -0.0507. The van der Waals surface area contributed by atoms with E-state index in [0.29, 0.717) is 23.9 Å². The van der Waals surface area contributed by atoms with Crippen molar-refractivity contribution < 1.29 is 5.11 Å². The molecule has 0 aliphatic carbocycles. The van der Waals surface area contributed by atoms with Crippen LogP contribution in [0, 0.1) is 0 Å². The summed E-state index contributed by atoms with van der Waals surface area (Å²) in [6.45, 7) is 8.98. The average Bonchev–Trinajstić information content (AvgIpc) is 2.70. The van der Waals surface area contributed by atoms with Crippen molar-refractivity contribution in [3.8, 4) is 0 Å². The lowest BCUT2D eigenvalue weighted by Crippen LogP contribution is -2.48. The van der Waals surface area contributed by atoms with Gasteiger partial charge in [-0.25, -0.2) is 0 Å². The van der Waals surface area contributed by atoms with Crippen LogP contribution in [0.3, 0.4) is 0 Å². The number of piperidine rings is 1. The summed E-state index contributed by atoms with van der Waals surface area (Å²) < 4.78 is 0. The monoisotopic (exact) mass is 301 g/mol. The van der Waals surface area contributed by atoms with E-state index in [0.717, 1.165) is 12.8 Å². The second-order valence-electron chi connectivity index (χ2n) is 8.11. The summed E-state index contributed by atoms with van der Waals surface area (Å²) in [5.74, 6) is 0.907. The van der Waals surface area contributed by atoms with Crippen LogP contribution in [0.15, 0.2) is 18.2 Å². The van der Waals surface area contributed by atoms with E-state index < -0.39 is 5.60 Å². The van der Waals surface area contributed by atoms with Gasteiger partial charge < -0.3 is 10.0 Å². The summed E-state index contributed by atoms with van der Waals surface area (Å²) in [6.07, 6.45) is 4.27. The third-order valence-electron chi connectivity index (χ3n) is 5.97. The lowest BCUT2D eigenvalue weighted by Gasteiger charge is -2.44. The van der Waals surface area contributed by atoms with E-state index in [9.17, 15) is 5.11 Å². The van der Waals surface area contributed by atoms with E-state index in [1.807, 2.05) is 0 Å². The van der Waals surface area contributed by atoms with Crippen LogP contribution in [0.4, 0.5) is 0 Å². The van der Waals surface area contributed by atoms with Gasteiger partial charge in [0.15, 0.2) is 0 Å². The molecule has 2 bridgehead atoms. The predicted molar refractivity (Wildman–Crippen MR) is 92.3 cm³/mol. The van der Waals surface area contributed by atoms with Gasteiger partial charge in [-0.05, 0) is 61.3 Å². The Morgan fingerprint density at radius 2 is 1.45 bits per heavy atom. The maximum atomic E-state index is 11.7. The van der Waals surface area contributed by atoms with Gasteiger partial charge in [-0.3, -0.25) is 0 Å². The van der Waals surface area contributed by atoms with Gasteiger partial charge in [-0.1, -0.05) is 45.9 Å². The lowest BCUT2D eigenvalue weighted by atomic mass is 9.73. The molecule has 0 saturated carbocycles. The fraction of sp³-hybridized carbons (Fsp3) is 0.700. The third-order valence-corrected chi connectivity index (χ3v) is 5.97. The van der Waals surface area contributed by atoms with Crippen molar-refractivity contribution in [2.75, 3.05) is 7.05 Å².